The topological polar surface area (TPSA) is 21.3 Å². The number of ether oxygens (including phenoxy) is 1. The van der Waals surface area contributed by atoms with Gasteiger partial charge in [0.15, 0.2) is 0 Å². The van der Waals surface area contributed by atoms with Crippen molar-refractivity contribution in [3.8, 4) is 0 Å². The van der Waals surface area contributed by atoms with Crippen molar-refractivity contribution in [1.82, 2.24) is 5.32 Å². The van der Waals surface area contributed by atoms with Crippen LogP contribution in [0.25, 0.3) is 0 Å². The van der Waals surface area contributed by atoms with Crippen LogP contribution in [0.1, 0.15) is 30.4 Å². The molecule has 0 spiro atoms. The van der Waals surface area contributed by atoms with Crippen molar-refractivity contribution in [1.29, 1.82) is 0 Å². The Balaban J connectivity index is 2.32. The average molecular weight is 211 g/mol. The largest absolute Gasteiger partial charge is 0.370 e. The van der Waals surface area contributed by atoms with Crippen LogP contribution in [-0.4, -0.2) is 20.2 Å². The van der Waals surface area contributed by atoms with E-state index in [1.807, 2.05) is 18.4 Å². The number of hydrogen-bond donors (Lipinski definition) is 1. The molecule has 1 atom stereocenters. The van der Waals surface area contributed by atoms with Crippen LogP contribution in [0.5, 0.6) is 0 Å². The molecule has 2 heterocycles. The standard InChI is InChI=1S/C11H17NOS/c1-11(2)7-13-9(6-12-3)10-8(11)4-5-14-10/h4-5,9,12H,6-7H2,1-3H3. The van der Waals surface area contributed by atoms with Crippen LogP contribution in [0, 0.1) is 0 Å². The van der Waals surface area contributed by atoms with Crippen LogP contribution in [-0.2, 0) is 10.2 Å². The van der Waals surface area contributed by atoms with Crippen molar-refractivity contribution in [2.75, 3.05) is 20.2 Å². The summed E-state index contributed by atoms with van der Waals surface area (Å²) in [4.78, 5) is 1.40. The van der Waals surface area contributed by atoms with Crippen LogP contribution in [0.4, 0.5) is 0 Å². The van der Waals surface area contributed by atoms with Gasteiger partial charge in [-0.2, -0.15) is 0 Å². The number of nitrogens with one attached hydrogen (secondary N) is 1. The molecule has 1 aliphatic heterocycles. The fourth-order valence-corrected chi connectivity index (χ4v) is 3.05. The third-order valence-corrected chi connectivity index (χ3v) is 3.76. The molecule has 0 fully saturated rings. The first kappa shape index (κ1) is 10.1. The van der Waals surface area contributed by atoms with Crippen LogP contribution in [0.3, 0.4) is 0 Å². The molecule has 0 saturated heterocycles. The molecule has 0 saturated carbocycles. The summed E-state index contributed by atoms with van der Waals surface area (Å²) in [6.07, 6.45) is 0.253. The third kappa shape index (κ3) is 1.60. The maximum atomic E-state index is 5.87. The lowest BCUT2D eigenvalue weighted by atomic mass is 9.83. The van der Waals surface area contributed by atoms with Crippen LogP contribution in [0.15, 0.2) is 11.4 Å². The minimum atomic E-state index is 0.180. The van der Waals surface area contributed by atoms with Crippen LogP contribution >= 0.6 is 11.3 Å². The predicted molar refractivity (Wildman–Crippen MR) is 60.0 cm³/mol. The van der Waals surface area contributed by atoms with E-state index in [2.05, 4.69) is 30.6 Å². The highest BCUT2D eigenvalue weighted by Crippen LogP contribution is 2.40. The van der Waals surface area contributed by atoms with Crippen molar-refractivity contribution >= 4 is 11.3 Å². The number of fused-ring (bicyclic) bond motifs is 1. The molecular weight excluding hydrogens is 194 g/mol. The maximum absolute atomic E-state index is 5.87. The highest BCUT2D eigenvalue weighted by molar-refractivity contribution is 7.10. The zero-order valence-corrected chi connectivity index (χ0v) is 9.78. The Kier molecular flexibility index (Phi) is 2.64. The van der Waals surface area contributed by atoms with Gasteiger partial charge in [0.05, 0.1) is 6.61 Å². The molecule has 2 rings (SSSR count). The molecule has 1 aliphatic rings. The van der Waals surface area contributed by atoms with Crippen molar-refractivity contribution in [3.63, 3.8) is 0 Å². The first-order valence-corrected chi connectivity index (χ1v) is 5.87. The fraction of sp³-hybridized carbons (Fsp3) is 0.636. The highest BCUT2D eigenvalue weighted by atomic mass is 32.1. The van der Waals surface area contributed by atoms with Gasteiger partial charge >= 0.3 is 0 Å². The molecule has 0 aliphatic carbocycles. The number of hydrogen-bond acceptors (Lipinski definition) is 3. The minimum absolute atomic E-state index is 0.180. The van der Waals surface area contributed by atoms with Gasteiger partial charge < -0.3 is 10.1 Å². The van der Waals surface area contributed by atoms with E-state index in [9.17, 15) is 0 Å². The van der Waals surface area contributed by atoms with E-state index >= 15 is 0 Å². The van der Waals surface area contributed by atoms with E-state index < -0.39 is 0 Å². The molecular formula is C11H17NOS. The van der Waals surface area contributed by atoms with E-state index in [1.54, 1.807) is 0 Å². The van der Waals surface area contributed by atoms with Gasteiger partial charge in [0.1, 0.15) is 6.10 Å². The number of thiophene rings is 1. The monoisotopic (exact) mass is 211 g/mol. The molecule has 14 heavy (non-hydrogen) atoms. The smallest absolute Gasteiger partial charge is 0.104 e. The molecule has 0 amide bonds. The molecule has 1 aromatic heterocycles. The molecule has 2 nitrogen and oxygen atoms in total. The van der Waals surface area contributed by atoms with E-state index in [-0.39, 0.29) is 11.5 Å². The summed E-state index contributed by atoms with van der Waals surface area (Å²) in [5.41, 5.74) is 1.65. The Bertz CT molecular complexity index is 319. The Morgan fingerprint density at radius 2 is 2.43 bits per heavy atom. The zero-order chi connectivity index (χ0) is 10.2. The summed E-state index contributed by atoms with van der Waals surface area (Å²) < 4.78 is 5.87. The molecule has 0 bridgehead atoms. The SMILES string of the molecule is CNCC1OCC(C)(C)c2ccsc21. The van der Waals surface area contributed by atoms with Gasteiger partial charge in [0.25, 0.3) is 0 Å². The summed E-state index contributed by atoms with van der Waals surface area (Å²) in [6, 6.07) is 2.24. The fourth-order valence-electron chi connectivity index (χ4n) is 1.93. The summed E-state index contributed by atoms with van der Waals surface area (Å²) in [7, 11) is 1.97. The lowest BCUT2D eigenvalue weighted by molar-refractivity contribution is 0.0113. The Hall–Kier alpha value is -0.380. The van der Waals surface area contributed by atoms with Gasteiger partial charge in [-0.3, -0.25) is 0 Å². The molecule has 1 aromatic rings. The van der Waals surface area contributed by atoms with Crippen molar-refractivity contribution < 1.29 is 4.74 Å². The van der Waals surface area contributed by atoms with Gasteiger partial charge in [-0.15, -0.1) is 11.3 Å². The summed E-state index contributed by atoms with van der Waals surface area (Å²) in [5, 5.41) is 5.35. The summed E-state index contributed by atoms with van der Waals surface area (Å²) >= 11 is 1.81. The van der Waals surface area contributed by atoms with E-state index in [1.165, 1.54) is 10.4 Å². The van der Waals surface area contributed by atoms with Gasteiger partial charge in [-0.05, 0) is 24.1 Å². The van der Waals surface area contributed by atoms with E-state index in [0.29, 0.717) is 0 Å². The quantitative estimate of drug-likeness (QED) is 0.810. The highest BCUT2D eigenvalue weighted by Gasteiger charge is 2.33. The van der Waals surface area contributed by atoms with Gasteiger partial charge in [-0.1, -0.05) is 13.8 Å². The number of likely N-dealkylation sites (N-methyl/N-ethyl adjacent to an activating group) is 1. The Morgan fingerprint density at radius 3 is 3.14 bits per heavy atom. The van der Waals surface area contributed by atoms with Crippen molar-refractivity contribution in [3.05, 3.63) is 21.9 Å². The second-order valence-corrected chi connectivity index (χ2v) is 5.39. The summed E-state index contributed by atoms with van der Waals surface area (Å²) in [6.45, 7) is 6.22. The van der Waals surface area contributed by atoms with Gasteiger partial charge in [0, 0.05) is 16.8 Å². The van der Waals surface area contributed by atoms with Gasteiger partial charge in [0.2, 0.25) is 0 Å². The average Bonchev–Trinajstić information content (AvgIpc) is 2.60. The first-order chi connectivity index (χ1) is 6.65. The third-order valence-electron chi connectivity index (χ3n) is 2.75. The molecule has 3 heteroatoms. The molecule has 0 radical (unpaired) electrons. The molecule has 1 unspecified atom stereocenters. The van der Waals surface area contributed by atoms with Crippen molar-refractivity contribution in [2.45, 2.75) is 25.4 Å². The van der Waals surface area contributed by atoms with E-state index in [0.717, 1.165) is 13.2 Å². The second kappa shape index (κ2) is 3.65. The lowest BCUT2D eigenvalue weighted by Gasteiger charge is -2.34. The van der Waals surface area contributed by atoms with E-state index in [4.69, 9.17) is 4.74 Å². The Labute approximate surface area is 89.3 Å². The summed E-state index contributed by atoms with van der Waals surface area (Å²) in [5.74, 6) is 0. The van der Waals surface area contributed by atoms with Gasteiger partial charge in [-0.25, -0.2) is 0 Å². The van der Waals surface area contributed by atoms with Crippen molar-refractivity contribution in [2.24, 2.45) is 0 Å². The number of rotatable bonds is 2. The molecule has 0 aromatic carbocycles. The maximum Gasteiger partial charge on any atom is 0.104 e. The second-order valence-electron chi connectivity index (χ2n) is 4.44. The predicted octanol–water partition coefficient (Wildman–Crippen LogP) is 2.32. The normalized spacial score (nSPS) is 24.6. The van der Waals surface area contributed by atoms with Crippen LogP contribution < -0.4 is 5.32 Å². The molecule has 1 N–H and O–H groups in total. The lowest BCUT2D eigenvalue weighted by Crippen LogP contribution is -2.34. The minimum Gasteiger partial charge on any atom is -0.370 e. The zero-order valence-electron chi connectivity index (χ0n) is 8.96. The molecule has 78 valence electrons. The Morgan fingerprint density at radius 1 is 1.64 bits per heavy atom. The van der Waals surface area contributed by atoms with Crippen LogP contribution in [0.2, 0.25) is 0 Å². The first-order valence-electron chi connectivity index (χ1n) is 4.99.